The average molecular weight is 238 g/mol. The molecule has 0 saturated heterocycles. The van der Waals surface area contributed by atoms with E-state index in [1.807, 2.05) is 6.20 Å². The summed E-state index contributed by atoms with van der Waals surface area (Å²) in [5.74, 6) is 0.917. The summed E-state index contributed by atoms with van der Waals surface area (Å²) in [6.45, 7) is 4.91. The lowest BCUT2D eigenvalue weighted by molar-refractivity contribution is 0.756. The van der Waals surface area contributed by atoms with Gasteiger partial charge in [-0.25, -0.2) is 4.98 Å². The Bertz CT molecular complexity index is 381. The van der Waals surface area contributed by atoms with Gasteiger partial charge < -0.3 is 11.1 Å². The zero-order chi connectivity index (χ0) is 11.5. The van der Waals surface area contributed by atoms with Gasteiger partial charge in [-0.2, -0.15) is 0 Å². The van der Waals surface area contributed by atoms with Crippen molar-refractivity contribution in [3.63, 3.8) is 0 Å². The molecule has 0 aromatic carbocycles. The van der Waals surface area contributed by atoms with E-state index in [1.165, 1.54) is 17.7 Å². The van der Waals surface area contributed by atoms with E-state index in [1.54, 1.807) is 11.3 Å². The molecule has 0 amide bonds. The molecule has 1 saturated carbocycles. The topological polar surface area (TPSA) is 63.3 Å². The van der Waals surface area contributed by atoms with E-state index in [9.17, 15) is 0 Å². The number of nitrogens with one attached hydrogen (secondary N) is 1. The number of nitrogens with two attached hydrogens (primary N) is 1. The van der Waals surface area contributed by atoms with Crippen molar-refractivity contribution in [2.75, 3.05) is 6.54 Å². The van der Waals surface area contributed by atoms with Crippen molar-refractivity contribution in [3.8, 4) is 0 Å². The van der Waals surface area contributed by atoms with Crippen LogP contribution in [0.2, 0.25) is 0 Å². The van der Waals surface area contributed by atoms with Gasteiger partial charge in [0, 0.05) is 23.0 Å². The van der Waals surface area contributed by atoms with E-state index < -0.39 is 0 Å². The number of rotatable bonds is 4. The molecule has 1 aromatic rings. The molecule has 16 heavy (non-hydrogen) atoms. The van der Waals surface area contributed by atoms with Crippen molar-refractivity contribution in [1.29, 1.82) is 0 Å². The van der Waals surface area contributed by atoms with Crippen molar-refractivity contribution in [1.82, 2.24) is 10.3 Å². The summed E-state index contributed by atoms with van der Waals surface area (Å²) in [5, 5.41) is 4.32. The maximum absolute atomic E-state index is 5.77. The number of hydrogen-bond donors (Lipinski definition) is 2. The minimum absolute atomic E-state index is 0.346. The summed E-state index contributed by atoms with van der Waals surface area (Å²) < 4.78 is 0. The first-order chi connectivity index (χ1) is 7.65. The Morgan fingerprint density at radius 1 is 1.75 bits per heavy atom. The molecule has 2 rings (SSSR count). The van der Waals surface area contributed by atoms with E-state index in [0.717, 1.165) is 5.01 Å². The third kappa shape index (κ3) is 3.20. The normalized spacial score (nSPS) is 18.5. The molecular weight excluding hydrogens is 220 g/mol. The second kappa shape index (κ2) is 4.82. The Labute approximate surface area is 100.0 Å². The van der Waals surface area contributed by atoms with Gasteiger partial charge in [0.1, 0.15) is 0 Å². The van der Waals surface area contributed by atoms with Crippen LogP contribution in [0.4, 0.5) is 0 Å². The van der Waals surface area contributed by atoms with Crippen LogP contribution in [0.25, 0.3) is 0 Å². The van der Waals surface area contributed by atoms with Gasteiger partial charge in [0.05, 0.1) is 11.6 Å². The molecule has 1 aliphatic rings. The maximum atomic E-state index is 5.77. The molecule has 1 aliphatic carbocycles. The average Bonchev–Trinajstić information content (AvgIpc) is 2.95. The third-order valence-electron chi connectivity index (χ3n) is 2.53. The number of thiazole rings is 1. The van der Waals surface area contributed by atoms with Crippen molar-refractivity contribution < 1.29 is 0 Å². The van der Waals surface area contributed by atoms with Gasteiger partial charge in [-0.1, -0.05) is 6.92 Å². The van der Waals surface area contributed by atoms with Crippen LogP contribution >= 0.6 is 11.3 Å². The first-order valence-corrected chi connectivity index (χ1v) is 6.45. The van der Waals surface area contributed by atoms with Gasteiger partial charge in [0.25, 0.3) is 0 Å². The lowest BCUT2D eigenvalue weighted by Crippen LogP contribution is -2.33. The SMILES string of the molecule is Cc1cnc(C(C)CN=C(N)NC2CC2)s1. The molecule has 4 nitrogen and oxygen atoms in total. The fraction of sp³-hybridized carbons (Fsp3) is 0.636. The lowest BCUT2D eigenvalue weighted by Gasteiger charge is -2.06. The molecule has 0 aliphatic heterocycles. The van der Waals surface area contributed by atoms with Crippen LogP contribution in [-0.4, -0.2) is 23.5 Å². The molecule has 0 radical (unpaired) electrons. The quantitative estimate of drug-likeness (QED) is 0.619. The smallest absolute Gasteiger partial charge is 0.188 e. The maximum Gasteiger partial charge on any atom is 0.188 e. The highest BCUT2D eigenvalue weighted by molar-refractivity contribution is 7.11. The van der Waals surface area contributed by atoms with Crippen molar-refractivity contribution in [2.45, 2.75) is 38.6 Å². The standard InChI is InChI=1S/C11H18N4S/c1-7(10-13-6-8(2)16-10)5-14-11(12)15-9-3-4-9/h6-7,9H,3-5H2,1-2H3,(H3,12,14,15). The molecule has 0 spiro atoms. The lowest BCUT2D eigenvalue weighted by atomic mass is 10.2. The minimum atomic E-state index is 0.346. The number of aliphatic imine (C=N–C) groups is 1. The molecule has 1 heterocycles. The highest BCUT2D eigenvalue weighted by Crippen LogP contribution is 2.21. The van der Waals surface area contributed by atoms with Gasteiger partial charge in [0.15, 0.2) is 5.96 Å². The number of nitrogens with zero attached hydrogens (tertiary/aromatic N) is 2. The van der Waals surface area contributed by atoms with Crippen LogP contribution in [0.1, 0.15) is 35.6 Å². The molecule has 3 N–H and O–H groups in total. The summed E-state index contributed by atoms with van der Waals surface area (Å²) in [5.41, 5.74) is 5.77. The largest absolute Gasteiger partial charge is 0.370 e. The Hall–Kier alpha value is -1.10. The number of guanidine groups is 1. The van der Waals surface area contributed by atoms with Gasteiger partial charge >= 0.3 is 0 Å². The van der Waals surface area contributed by atoms with Gasteiger partial charge in [0.2, 0.25) is 0 Å². The number of aryl methyl sites for hydroxylation is 1. The van der Waals surface area contributed by atoms with Crippen LogP contribution in [0, 0.1) is 6.92 Å². The first kappa shape index (κ1) is 11.4. The molecular formula is C11H18N4S. The van der Waals surface area contributed by atoms with Crippen molar-refractivity contribution in [3.05, 3.63) is 16.1 Å². The van der Waals surface area contributed by atoms with E-state index in [2.05, 4.69) is 29.1 Å². The molecule has 1 aromatic heterocycles. The van der Waals surface area contributed by atoms with E-state index in [-0.39, 0.29) is 0 Å². The molecule has 5 heteroatoms. The zero-order valence-corrected chi connectivity index (χ0v) is 10.5. The first-order valence-electron chi connectivity index (χ1n) is 5.64. The second-order valence-corrected chi connectivity index (χ2v) is 5.62. The van der Waals surface area contributed by atoms with Gasteiger partial charge in [-0.3, -0.25) is 4.99 Å². The zero-order valence-electron chi connectivity index (χ0n) is 9.73. The molecule has 1 fully saturated rings. The second-order valence-electron chi connectivity index (χ2n) is 4.35. The molecule has 1 atom stereocenters. The highest BCUT2D eigenvalue weighted by Gasteiger charge is 2.21. The van der Waals surface area contributed by atoms with E-state index >= 15 is 0 Å². The Morgan fingerprint density at radius 3 is 3.06 bits per heavy atom. The Balaban J connectivity index is 1.84. The predicted octanol–water partition coefficient (Wildman–Crippen LogP) is 1.62. The van der Waals surface area contributed by atoms with Gasteiger partial charge in [-0.15, -0.1) is 11.3 Å². The Morgan fingerprint density at radius 2 is 2.50 bits per heavy atom. The summed E-state index contributed by atoms with van der Waals surface area (Å²) in [6.07, 6.45) is 4.35. The predicted molar refractivity (Wildman–Crippen MR) is 67.9 cm³/mol. The van der Waals surface area contributed by atoms with Gasteiger partial charge in [-0.05, 0) is 19.8 Å². The van der Waals surface area contributed by atoms with E-state index in [4.69, 9.17) is 5.73 Å². The van der Waals surface area contributed by atoms with Crippen molar-refractivity contribution >= 4 is 17.3 Å². The van der Waals surface area contributed by atoms with Crippen molar-refractivity contribution in [2.24, 2.45) is 10.7 Å². The highest BCUT2D eigenvalue weighted by atomic mass is 32.1. The number of hydrogen-bond acceptors (Lipinski definition) is 3. The molecule has 0 bridgehead atoms. The van der Waals surface area contributed by atoms with E-state index in [0.29, 0.717) is 24.5 Å². The summed E-state index contributed by atoms with van der Waals surface area (Å²) in [6, 6.07) is 0.571. The van der Waals surface area contributed by atoms with Crippen LogP contribution in [0.15, 0.2) is 11.2 Å². The summed E-state index contributed by atoms with van der Waals surface area (Å²) >= 11 is 1.73. The molecule has 1 unspecified atom stereocenters. The fourth-order valence-electron chi connectivity index (χ4n) is 1.40. The van der Waals surface area contributed by atoms with Crippen LogP contribution in [0.3, 0.4) is 0 Å². The van der Waals surface area contributed by atoms with Crippen LogP contribution in [-0.2, 0) is 0 Å². The van der Waals surface area contributed by atoms with Crippen LogP contribution < -0.4 is 11.1 Å². The minimum Gasteiger partial charge on any atom is -0.370 e. The third-order valence-corrected chi connectivity index (χ3v) is 3.67. The van der Waals surface area contributed by atoms with Crippen LogP contribution in [0.5, 0.6) is 0 Å². The summed E-state index contributed by atoms with van der Waals surface area (Å²) in [7, 11) is 0. The number of aromatic nitrogens is 1. The summed E-state index contributed by atoms with van der Waals surface area (Å²) in [4.78, 5) is 9.94. The fourth-order valence-corrected chi connectivity index (χ4v) is 2.21. The monoisotopic (exact) mass is 238 g/mol. The Kier molecular flexibility index (Phi) is 3.43. The molecule has 88 valence electrons.